The van der Waals surface area contributed by atoms with Gasteiger partial charge in [-0.2, -0.15) is 0 Å². The fourth-order valence-corrected chi connectivity index (χ4v) is 4.50. The SMILES string of the molecule is CC(C)CC1CCCC(NCc2nc3ccccc3s2)C1. The van der Waals surface area contributed by atoms with Crippen LogP contribution in [0.2, 0.25) is 0 Å². The standard InChI is InChI=1S/C18H26N2S/c1-13(2)10-14-6-5-7-15(11-14)19-12-18-20-16-8-3-4-9-17(16)21-18/h3-4,8-9,13-15,19H,5-7,10-12H2,1-2H3. The number of thiazole rings is 1. The molecule has 0 spiro atoms. The molecule has 1 aromatic carbocycles. The van der Waals surface area contributed by atoms with E-state index in [1.807, 2.05) is 11.3 Å². The normalized spacial score (nSPS) is 23.0. The molecule has 2 atom stereocenters. The van der Waals surface area contributed by atoms with Crippen LogP contribution in [0.25, 0.3) is 10.2 Å². The van der Waals surface area contributed by atoms with Gasteiger partial charge in [-0.25, -0.2) is 4.98 Å². The highest BCUT2D eigenvalue weighted by atomic mass is 32.1. The summed E-state index contributed by atoms with van der Waals surface area (Å²) in [4.78, 5) is 4.72. The number of nitrogens with one attached hydrogen (secondary N) is 1. The van der Waals surface area contributed by atoms with E-state index in [1.165, 1.54) is 41.8 Å². The Balaban J connectivity index is 1.54. The largest absolute Gasteiger partial charge is 0.308 e. The number of benzene rings is 1. The number of nitrogens with zero attached hydrogens (tertiary/aromatic N) is 1. The molecule has 1 aliphatic carbocycles. The van der Waals surface area contributed by atoms with Gasteiger partial charge in [0.1, 0.15) is 5.01 Å². The van der Waals surface area contributed by atoms with E-state index in [0.717, 1.165) is 23.9 Å². The van der Waals surface area contributed by atoms with Crippen LogP contribution in [-0.2, 0) is 6.54 Å². The number of hydrogen-bond acceptors (Lipinski definition) is 3. The zero-order valence-electron chi connectivity index (χ0n) is 13.1. The first-order valence-corrected chi connectivity index (χ1v) is 9.10. The second kappa shape index (κ2) is 6.89. The van der Waals surface area contributed by atoms with Crippen molar-refractivity contribution in [3.05, 3.63) is 29.3 Å². The second-order valence-electron chi connectivity index (χ2n) is 6.82. The van der Waals surface area contributed by atoms with Crippen LogP contribution in [0.5, 0.6) is 0 Å². The molecule has 114 valence electrons. The summed E-state index contributed by atoms with van der Waals surface area (Å²) in [5.41, 5.74) is 1.14. The van der Waals surface area contributed by atoms with E-state index in [2.05, 4.69) is 43.4 Å². The first kappa shape index (κ1) is 15.0. The third-order valence-electron chi connectivity index (χ3n) is 4.47. The molecule has 1 aliphatic rings. The fraction of sp³-hybridized carbons (Fsp3) is 0.611. The third kappa shape index (κ3) is 4.04. The lowest BCUT2D eigenvalue weighted by Gasteiger charge is -2.30. The van der Waals surface area contributed by atoms with Crippen molar-refractivity contribution in [1.82, 2.24) is 10.3 Å². The summed E-state index contributed by atoms with van der Waals surface area (Å²) in [6.45, 7) is 5.62. The molecule has 1 N–H and O–H groups in total. The Morgan fingerprint density at radius 1 is 1.29 bits per heavy atom. The average molecular weight is 302 g/mol. The van der Waals surface area contributed by atoms with Gasteiger partial charge in [0.15, 0.2) is 0 Å². The Morgan fingerprint density at radius 2 is 2.14 bits per heavy atom. The second-order valence-corrected chi connectivity index (χ2v) is 7.93. The molecule has 0 radical (unpaired) electrons. The van der Waals surface area contributed by atoms with Gasteiger partial charge in [0.25, 0.3) is 0 Å². The van der Waals surface area contributed by atoms with Gasteiger partial charge < -0.3 is 5.32 Å². The minimum absolute atomic E-state index is 0.689. The minimum atomic E-state index is 0.689. The van der Waals surface area contributed by atoms with E-state index < -0.39 is 0 Å². The number of aromatic nitrogens is 1. The van der Waals surface area contributed by atoms with Crippen molar-refractivity contribution in [1.29, 1.82) is 0 Å². The highest BCUT2D eigenvalue weighted by molar-refractivity contribution is 7.18. The van der Waals surface area contributed by atoms with Crippen LogP contribution in [0.15, 0.2) is 24.3 Å². The molecule has 3 rings (SSSR count). The smallest absolute Gasteiger partial charge is 0.108 e. The Kier molecular flexibility index (Phi) is 4.91. The topological polar surface area (TPSA) is 24.9 Å². The molecule has 0 aliphatic heterocycles. The molecule has 1 saturated carbocycles. The average Bonchev–Trinajstić information content (AvgIpc) is 2.87. The van der Waals surface area contributed by atoms with Crippen molar-refractivity contribution in [3.63, 3.8) is 0 Å². The van der Waals surface area contributed by atoms with Gasteiger partial charge in [-0.05, 0) is 43.2 Å². The lowest BCUT2D eigenvalue weighted by atomic mass is 9.81. The van der Waals surface area contributed by atoms with Crippen molar-refractivity contribution in [3.8, 4) is 0 Å². The van der Waals surface area contributed by atoms with Crippen LogP contribution < -0.4 is 5.32 Å². The lowest BCUT2D eigenvalue weighted by molar-refractivity contribution is 0.252. The van der Waals surface area contributed by atoms with Gasteiger partial charge in [0, 0.05) is 12.6 Å². The summed E-state index contributed by atoms with van der Waals surface area (Å²) >= 11 is 1.82. The Bertz CT molecular complexity index is 542. The summed E-state index contributed by atoms with van der Waals surface area (Å²) in [5, 5.41) is 4.97. The Labute approximate surface area is 132 Å². The summed E-state index contributed by atoms with van der Waals surface area (Å²) in [6, 6.07) is 9.12. The number of fused-ring (bicyclic) bond motifs is 1. The van der Waals surface area contributed by atoms with Crippen LogP contribution in [0.4, 0.5) is 0 Å². The Morgan fingerprint density at radius 3 is 2.95 bits per heavy atom. The van der Waals surface area contributed by atoms with E-state index in [4.69, 9.17) is 4.98 Å². The molecule has 21 heavy (non-hydrogen) atoms. The highest BCUT2D eigenvalue weighted by Crippen LogP contribution is 2.30. The van der Waals surface area contributed by atoms with Crippen LogP contribution in [0.3, 0.4) is 0 Å². The number of para-hydroxylation sites is 1. The highest BCUT2D eigenvalue weighted by Gasteiger charge is 2.22. The van der Waals surface area contributed by atoms with Crippen molar-refractivity contribution in [2.75, 3.05) is 0 Å². The first-order valence-electron chi connectivity index (χ1n) is 8.28. The lowest BCUT2D eigenvalue weighted by Crippen LogP contribution is -2.34. The van der Waals surface area contributed by atoms with Crippen molar-refractivity contribution in [2.45, 2.75) is 58.5 Å². The molecule has 2 aromatic rings. The predicted molar refractivity (Wildman–Crippen MR) is 91.7 cm³/mol. The maximum absolute atomic E-state index is 4.72. The maximum atomic E-state index is 4.72. The number of hydrogen-bond donors (Lipinski definition) is 1. The fourth-order valence-electron chi connectivity index (χ4n) is 3.58. The van der Waals surface area contributed by atoms with E-state index in [1.54, 1.807) is 0 Å². The molecule has 0 amide bonds. The summed E-state index contributed by atoms with van der Waals surface area (Å²) < 4.78 is 1.30. The van der Waals surface area contributed by atoms with Crippen LogP contribution >= 0.6 is 11.3 Å². The van der Waals surface area contributed by atoms with Crippen molar-refractivity contribution < 1.29 is 0 Å². The van der Waals surface area contributed by atoms with Crippen LogP contribution in [0, 0.1) is 11.8 Å². The van der Waals surface area contributed by atoms with Crippen LogP contribution in [0.1, 0.15) is 51.0 Å². The van der Waals surface area contributed by atoms with E-state index >= 15 is 0 Å². The van der Waals surface area contributed by atoms with Crippen LogP contribution in [-0.4, -0.2) is 11.0 Å². The summed E-state index contributed by atoms with van der Waals surface area (Å²) in [5.74, 6) is 1.75. The zero-order valence-corrected chi connectivity index (χ0v) is 14.0. The molecule has 0 bridgehead atoms. The molecule has 1 heterocycles. The predicted octanol–water partition coefficient (Wildman–Crippen LogP) is 4.99. The van der Waals surface area contributed by atoms with Gasteiger partial charge >= 0.3 is 0 Å². The molecule has 2 unspecified atom stereocenters. The minimum Gasteiger partial charge on any atom is -0.308 e. The molecule has 3 heteroatoms. The monoisotopic (exact) mass is 302 g/mol. The molecule has 0 saturated heterocycles. The molecule has 1 aromatic heterocycles. The van der Waals surface area contributed by atoms with Gasteiger partial charge in [-0.3, -0.25) is 0 Å². The van der Waals surface area contributed by atoms with Gasteiger partial charge in [-0.15, -0.1) is 11.3 Å². The Hall–Kier alpha value is -0.930. The van der Waals surface area contributed by atoms with E-state index in [0.29, 0.717) is 6.04 Å². The third-order valence-corrected chi connectivity index (χ3v) is 5.50. The molecule has 1 fully saturated rings. The van der Waals surface area contributed by atoms with Crippen molar-refractivity contribution in [2.24, 2.45) is 11.8 Å². The van der Waals surface area contributed by atoms with E-state index in [-0.39, 0.29) is 0 Å². The zero-order chi connectivity index (χ0) is 14.7. The summed E-state index contributed by atoms with van der Waals surface area (Å²) in [7, 11) is 0. The van der Waals surface area contributed by atoms with E-state index in [9.17, 15) is 0 Å². The number of rotatable bonds is 5. The van der Waals surface area contributed by atoms with Gasteiger partial charge in [-0.1, -0.05) is 38.8 Å². The van der Waals surface area contributed by atoms with Gasteiger partial charge in [0.05, 0.1) is 10.2 Å². The molecule has 2 nitrogen and oxygen atoms in total. The molecular weight excluding hydrogens is 276 g/mol. The first-order chi connectivity index (χ1) is 10.2. The summed E-state index contributed by atoms with van der Waals surface area (Å²) in [6.07, 6.45) is 6.88. The van der Waals surface area contributed by atoms with Gasteiger partial charge in [0.2, 0.25) is 0 Å². The van der Waals surface area contributed by atoms with Crippen molar-refractivity contribution >= 4 is 21.6 Å². The maximum Gasteiger partial charge on any atom is 0.108 e. The quantitative estimate of drug-likeness (QED) is 0.841. The molecular formula is C18H26N2S.